The second kappa shape index (κ2) is 7.12. The number of anilines is 1. The summed E-state index contributed by atoms with van der Waals surface area (Å²) in [5, 5.41) is 14.8. The fourth-order valence-electron chi connectivity index (χ4n) is 1.77. The van der Waals surface area contributed by atoms with Crippen molar-refractivity contribution in [1.29, 1.82) is 0 Å². The first-order valence-corrected chi connectivity index (χ1v) is 7.65. The molecule has 1 heterocycles. The molecule has 1 aromatic carbocycles. The van der Waals surface area contributed by atoms with Gasteiger partial charge >= 0.3 is 0 Å². The summed E-state index contributed by atoms with van der Waals surface area (Å²) < 4.78 is 5.25. The van der Waals surface area contributed by atoms with Crippen LogP contribution in [0, 0.1) is 17.0 Å². The van der Waals surface area contributed by atoms with E-state index in [9.17, 15) is 10.1 Å². The lowest BCUT2D eigenvalue weighted by Crippen LogP contribution is -2.03. The topological polar surface area (TPSA) is 81.2 Å². The van der Waals surface area contributed by atoms with E-state index in [4.69, 9.17) is 4.42 Å². The Morgan fingerprint density at radius 1 is 1.48 bits per heavy atom. The van der Waals surface area contributed by atoms with E-state index >= 15 is 0 Å². The largest absolute Gasteiger partial charge is 0.440 e. The Hall–Kier alpha value is -2.02. The molecule has 0 amide bonds. The van der Waals surface area contributed by atoms with Crippen LogP contribution in [0.15, 0.2) is 34.1 Å². The van der Waals surface area contributed by atoms with Gasteiger partial charge in [0, 0.05) is 18.4 Å². The molecule has 0 aliphatic heterocycles. The molecule has 0 bridgehead atoms. The van der Waals surface area contributed by atoms with Crippen molar-refractivity contribution in [3.8, 4) is 0 Å². The van der Waals surface area contributed by atoms with E-state index < -0.39 is 0 Å². The van der Waals surface area contributed by atoms with E-state index in [2.05, 4.69) is 10.3 Å². The lowest BCUT2D eigenvalue weighted by Gasteiger charge is -2.07. The number of hydrogen-bond donors (Lipinski definition) is 1. The highest BCUT2D eigenvalue weighted by molar-refractivity contribution is 7.98. The molecule has 0 radical (unpaired) electrons. The van der Waals surface area contributed by atoms with Crippen LogP contribution in [0.3, 0.4) is 0 Å². The molecule has 2 rings (SSSR count). The zero-order chi connectivity index (χ0) is 15.2. The molecule has 0 spiro atoms. The van der Waals surface area contributed by atoms with Gasteiger partial charge in [-0.3, -0.25) is 10.1 Å². The first kappa shape index (κ1) is 15.4. The lowest BCUT2D eigenvalue weighted by atomic mass is 10.2. The standard InChI is InChI=1S/C14H17N3O3S/c1-3-6-15-12-5-4-11(7-13(12)17(18)19)9-21-14-16-10(2)8-20-14/h4-5,7-8,15H,3,6,9H2,1-2H3. The van der Waals surface area contributed by atoms with E-state index in [-0.39, 0.29) is 10.6 Å². The summed E-state index contributed by atoms with van der Waals surface area (Å²) in [5.41, 5.74) is 2.35. The Bertz CT molecular complexity index is 628. The van der Waals surface area contributed by atoms with Crippen LogP contribution < -0.4 is 5.32 Å². The van der Waals surface area contributed by atoms with Crippen LogP contribution in [0.2, 0.25) is 0 Å². The van der Waals surface area contributed by atoms with Crippen LogP contribution in [0.5, 0.6) is 0 Å². The third-order valence-corrected chi connectivity index (χ3v) is 3.70. The molecule has 0 aliphatic rings. The summed E-state index contributed by atoms with van der Waals surface area (Å²) in [6.45, 7) is 4.58. The van der Waals surface area contributed by atoms with Crippen LogP contribution in [-0.2, 0) is 5.75 Å². The first-order valence-electron chi connectivity index (χ1n) is 6.66. The number of aryl methyl sites for hydroxylation is 1. The van der Waals surface area contributed by atoms with Crippen molar-refractivity contribution in [3.63, 3.8) is 0 Å². The molecule has 0 atom stereocenters. The molecule has 1 aromatic heterocycles. The predicted octanol–water partition coefficient (Wildman–Crippen LogP) is 4.01. The minimum atomic E-state index is -0.360. The lowest BCUT2D eigenvalue weighted by molar-refractivity contribution is -0.384. The average molecular weight is 307 g/mol. The van der Waals surface area contributed by atoms with E-state index in [1.165, 1.54) is 11.8 Å². The van der Waals surface area contributed by atoms with Gasteiger partial charge in [-0.25, -0.2) is 4.98 Å². The maximum Gasteiger partial charge on any atom is 0.292 e. The van der Waals surface area contributed by atoms with Crippen molar-refractivity contribution in [1.82, 2.24) is 4.98 Å². The van der Waals surface area contributed by atoms with Gasteiger partial charge in [-0.2, -0.15) is 0 Å². The van der Waals surface area contributed by atoms with E-state index in [1.54, 1.807) is 18.4 Å². The van der Waals surface area contributed by atoms with Crippen molar-refractivity contribution in [2.24, 2.45) is 0 Å². The number of benzene rings is 1. The molecule has 0 saturated heterocycles. The number of nitrogens with one attached hydrogen (secondary N) is 1. The smallest absolute Gasteiger partial charge is 0.292 e. The minimum absolute atomic E-state index is 0.102. The summed E-state index contributed by atoms with van der Waals surface area (Å²) >= 11 is 1.42. The number of nitrogens with zero attached hydrogens (tertiary/aromatic N) is 2. The third-order valence-electron chi connectivity index (χ3n) is 2.78. The number of rotatable bonds is 7. The molecule has 0 aliphatic carbocycles. The number of hydrogen-bond acceptors (Lipinski definition) is 6. The van der Waals surface area contributed by atoms with Gasteiger partial charge in [-0.05, 0) is 25.0 Å². The molecule has 0 unspecified atom stereocenters. The number of nitro groups is 1. The Balaban J connectivity index is 2.09. The fourth-order valence-corrected chi connectivity index (χ4v) is 2.57. The van der Waals surface area contributed by atoms with E-state index in [0.717, 1.165) is 17.7 Å². The summed E-state index contributed by atoms with van der Waals surface area (Å²) in [7, 11) is 0. The number of thioether (sulfide) groups is 1. The maximum atomic E-state index is 11.1. The third kappa shape index (κ3) is 4.22. The summed E-state index contributed by atoms with van der Waals surface area (Å²) in [6.07, 6.45) is 2.50. The molecule has 0 fully saturated rings. The molecule has 6 nitrogen and oxygen atoms in total. The van der Waals surface area contributed by atoms with Crippen molar-refractivity contribution in [2.75, 3.05) is 11.9 Å². The molecular formula is C14H17N3O3S. The van der Waals surface area contributed by atoms with Gasteiger partial charge in [0.25, 0.3) is 10.9 Å². The zero-order valence-electron chi connectivity index (χ0n) is 12.0. The zero-order valence-corrected chi connectivity index (χ0v) is 12.8. The van der Waals surface area contributed by atoms with Gasteiger partial charge in [0.1, 0.15) is 12.0 Å². The van der Waals surface area contributed by atoms with Crippen molar-refractivity contribution in [2.45, 2.75) is 31.2 Å². The van der Waals surface area contributed by atoms with Crippen LogP contribution in [0.4, 0.5) is 11.4 Å². The summed E-state index contributed by atoms with van der Waals surface area (Å²) in [4.78, 5) is 15.0. The molecule has 112 valence electrons. The molecular weight excluding hydrogens is 290 g/mol. The quantitative estimate of drug-likeness (QED) is 0.473. The second-order valence-electron chi connectivity index (χ2n) is 4.58. The maximum absolute atomic E-state index is 11.1. The molecule has 21 heavy (non-hydrogen) atoms. The van der Waals surface area contributed by atoms with Crippen LogP contribution in [-0.4, -0.2) is 16.5 Å². The van der Waals surface area contributed by atoms with Crippen LogP contribution in [0.25, 0.3) is 0 Å². The number of aromatic nitrogens is 1. The van der Waals surface area contributed by atoms with Gasteiger partial charge in [0.2, 0.25) is 0 Å². The first-order chi connectivity index (χ1) is 10.1. The number of nitro benzene ring substituents is 1. The Morgan fingerprint density at radius 2 is 2.29 bits per heavy atom. The Kier molecular flexibility index (Phi) is 5.21. The summed E-state index contributed by atoms with van der Waals surface area (Å²) in [5.74, 6) is 0.578. The fraction of sp³-hybridized carbons (Fsp3) is 0.357. The number of oxazole rings is 1. The van der Waals surface area contributed by atoms with Gasteiger partial charge in [0.15, 0.2) is 0 Å². The summed E-state index contributed by atoms with van der Waals surface area (Å²) in [6, 6.07) is 5.24. The highest BCUT2D eigenvalue weighted by Gasteiger charge is 2.14. The van der Waals surface area contributed by atoms with Crippen molar-refractivity contribution in [3.05, 3.63) is 45.8 Å². The minimum Gasteiger partial charge on any atom is -0.440 e. The monoisotopic (exact) mass is 307 g/mol. The normalized spacial score (nSPS) is 10.6. The SMILES string of the molecule is CCCNc1ccc(CSc2nc(C)co2)cc1[N+](=O)[O-]. The Labute approximate surface area is 127 Å². The molecule has 0 saturated carbocycles. The van der Waals surface area contributed by atoms with Crippen LogP contribution in [0.1, 0.15) is 24.6 Å². The highest BCUT2D eigenvalue weighted by Crippen LogP contribution is 2.29. The van der Waals surface area contributed by atoms with Crippen LogP contribution >= 0.6 is 11.8 Å². The highest BCUT2D eigenvalue weighted by atomic mass is 32.2. The van der Waals surface area contributed by atoms with Gasteiger partial charge in [-0.1, -0.05) is 24.8 Å². The average Bonchev–Trinajstić information content (AvgIpc) is 2.89. The van der Waals surface area contributed by atoms with Gasteiger partial charge in [0.05, 0.1) is 10.6 Å². The Morgan fingerprint density at radius 3 is 2.90 bits per heavy atom. The van der Waals surface area contributed by atoms with Gasteiger partial charge < -0.3 is 9.73 Å². The molecule has 7 heteroatoms. The molecule has 2 aromatic rings. The molecule has 1 N–H and O–H groups in total. The van der Waals surface area contributed by atoms with Crippen molar-refractivity contribution < 1.29 is 9.34 Å². The van der Waals surface area contributed by atoms with E-state index in [1.807, 2.05) is 19.9 Å². The van der Waals surface area contributed by atoms with E-state index in [0.29, 0.717) is 23.2 Å². The predicted molar refractivity (Wildman–Crippen MR) is 82.7 cm³/mol. The van der Waals surface area contributed by atoms with Crippen molar-refractivity contribution >= 4 is 23.1 Å². The second-order valence-corrected chi connectivity index (χ2v) is 5.51. The van der Waals surface area contributed by atoms with Gasteiger partial charge in [-0.15, -0.1) is 0 Å².